The van der Waals surface area contributed by atoms with Gasteiger partial charge in [0.15, 0.2) is 10.8 Å². The molecule has 0 fully saturated rings. The summed E-state index contributed by atoms with van der Waals surface area (Å²) < 4.78 is 4.91. The van der Waals surface area contributed by atoms with Crippen molar-refractivity contribution >= 4 is 22.4 Å². The highest BCUT2D eigenvalue weighted by molar-refractivity contribution is 7.14. The molecule has 0 bridgehead atoms. The van der Waals surface area contributed by atoms with Crippen LogP contribution in [0.25, 0.3) is 11.3 Å². The number of amides is 1. The van der Waals surface area contributed by atoms with E-state index in [0.717, 1.165) is 11.3 Å². The van der Waals surface area contributed by atoms with Gasteiger partial charge in [0.25, 0.3) is 5.91 Å². The maximum atomic E-state index is 12.1. The second-order valence-corrected chi connectivity index (χ2v) is 7.50. The minimum Gasteiger partial charge on any atom is -0.361 e. The van der Waals surface area contributed by atoms with Crippen LogP contribution in [0.15, 0.2) is 40.2 Å². The largest absolute Gasteiger partial charge is 0.361 e. The minimum absolute atomic E-state index is 0.121. The molecule has 2 heterocycles. The van der Waals surface area contributed by atoms with E-state index in [9.17, 15) is 4.79 Å². The van der Waals surface area contributed by atoms with Crippen molar-refractivity contribution in [1.29, 1.82) is 0 Å². The number of nitrogens with zero attached hydrogens (tertiary/aromatic N) is 2. The van der Waals surface area contributed by atoms with Crippen LogP contribution in [-0.2, 0) is 5.41 Å². The molecule has 0 spiro atoms. The van der Waals surface area contributed by atoms with Crippen LogP contribution in [0.5, 0.6) is 0 Å². The van der Waals surface area contributed by atoms with Crippen LogP contribution in [-0.4, -0.2) is 16.0 Å². The van der Waals surface area contributed by atoms with Crippen molar-refractivity contribution in [3.05, 3.63) is 52.7 Å². The van der Waals surface area contributed by atoms with Gasteiger partial charge in [0.05, 0.1) is 5.69 Å². The fourth-order valence-corrected chi connectivity index (χ4v) is 2.95. The molecule has 3 rings (SSSR count). The molecule has 24 heavy (non-hydrogen) atoms. The van der Waals surface area contributed by atoms with E-state index in [1.54, 1.807) is 13.0 Å². The van der Waals surface area contributed by atoms with E-state index in [0.29, 0.717) is 10.9 Å². The zero-order valence-corrected chi connectivity index (χ0v) is 14.9. The molecule has 5 nitrogen and oxygen atoms in total. The second kappa shape index (κ2) is 6.20. The van der Waals surface area contributed by atoms with Crippen LogP contribution in [0.2, 0.25) is 0 Å². The topological polar surface area (TPSA) is 68.0 Å². The lowest BCUT2D eigenvalue weighted by Gasteiger charge is -2.18. The molecule has 0 unspecified atom stereocenters. The first kappa shape index (κ1) is 16.4. The lowest BCUT2D eigenvalue weighted by molar-refractivity contribution is 0.101. The number of thiazole rings is 1. The molecule has 2 aromatic heterocycles. The molecule has 0 saturated heterocycles. The third kappa shape index (κ3) is 3.54. The van der Waals surface area contributed by atoms with E-state index in [2.05, 4.69) is 60.5 Å². The van der Waals surface area contributed by atoms with Gasteiger partial charge in [0.1, 0.15) is 5.76 Å². The Hall–Kier alpha value is -2.47. The number of hydrogen-bond acceptors (Lipinski definition) is 5. The predicted molar refractivity (Wildman–Crippen MR) is 95.4 cm³/mol. The van der Waals surface area contributed by atoms with Gasteiger partial charge in [-0.2, -0.15) is 0 Å². The number of nitrogens with one attached hydrogen (secondary N) is 1. The van der Waals surface area contributed by atoms with Gasteiger partial charge in [0.2, 0.25) is 0 Å². The number of rotatable bonds is 3. The van der Waals surface area contributed by atoms with Crippen molar-refractivity contribution in [3.63, 3.8) is 0 Å². The van der Waals surface area contributed by atoms with Crippen LogP contribution >= 0.6 is 11.3 Å². The Morgan fingerprint density at radius 1 is 1.21 bits per heavy atom. The van der Waals surface area contributed by atoms with Crippen molar-refractivity contribution in [2.45, 2.75) is 33.1 Å². The zero-order chi connectivity index (χ0) is 17.3. The molecule has 124 valence electrons. The summed E-state index contributed by atoms with van der Waals surface area (Å²) >= 11 is 1.38. The van der Waals surface area contributed by atoms with Gasteiger partial charge < -0.3 is 4.52 Å². The molecule has 1 N–H and O–H groups in total. The molecule has 0 atom stereocenters. The molecular formula is C18H19N3O2S. The normalized spacial score (nSPS) is 11.5. The molecule has 0 aliphatic carbocycles. The van der Waals surface area contributed by atoms with Crippen molar-refractivity contribution in [3.8, 4) is 11.3 Å². The number of hydrogen-bond donors (Lipinski definition) is 1. The summed E-state index contributed by atoms with van der Waals surface area (Å²) in [7, 11) is 0. The number of carbonyl (C=O) groups is 1. The van der Waals surface area contributed by atoms with Crippen molar-refractivity contribution in [2.24, 2.45) is 0 Å². The van der Waals surface area contributed by atoms with Crippen molar-refractivity contribution in [1.82, 2.24) is 10.1 Å². The van der Waals surface area contributed by atoms with E-state index in [1.165, 1.54) is 16.9 Å². The Balaban J connectivity index is 1.74. The van der Waals surface area contributed by atoms with Crippen LogP contribution < -0.4 is 5.32 Å². The van der Waals surface area contributed by atoms with Gasteiger partial charge in [0, 0.05) is 17.0 Å². The lowest BCUT2D eigenvalue weighted by atomic mass is 9.86. The Labute approximate surface area is 144 Å². The second-order valence-electron chi connectivity index (χ2n) is 6.64. The fraction of sp³-hybridized carbons (Fsp3) is 0.278. The first-order valence-corrected chi connectivity index (χ1v) is 8.52. The Bertz CT molecular complexity index is 857. The highest BCUT2D eigenvalue weighted by atomic mass is 32.1. The number of anilines is 1. The average Bonchev–Trinajstić information content (AvgIpc) is 3.16. The summed E-state index contributed by atoms with van der Waals surface area (Å²) in [5.74, 6) is 0.273. The number of benzene rings is 1. The van der Waals surface area contributed by atoms with Crippen LogP contribution in [0.1, 0.15) is 42.6 Å². The molecule has 1 amide bonds. The quantitative estimate of drug-likeness (QED) is 0.752. The number of carbonyl (C=O) groups excluding carboxylic acids is 1. The minimum atomic E-state index is -0.323. The van der Waals surface area contributed by atoms with Crippen LogP contribution in [0.3, 0.4) is 0 Å². The van der Waals surface area contributed by atoms with Gasteiger partial charge in [-0.25, -0.2) is 4.98 Å². The highest BCUT2D eigenvalue weighted by Gasteiger charge is 2.15. The zero-order valence-electron chi connectivity index (χ0n) is 14.1. The van der Waals surface area contributed by atoms with E-state index in [4.69, 9.17) is 4.52 Å². The third-order valence-electron chi connectivity index (χ3n) is 3.63. The van der Waals surface area contributed by atoms with Crippen LogP contribution in [0.4, 0.5) is 5.13 Å². The smallest absolute Gasteiger partial charge is 0.279 e. The Morgan fingerprint density at radius 2 is 1.92 bits per heavy atom. The Kier molecular flexibility index (Phi) is 4.24. The maximum Gasteiger partial charge on any atom is 0.279 e. The highest BCUT2D eigenvalue weighted by Crippen LogP contribution is 2.28. The molecular weight excluding hydrogens is 322 g/mol. The van der Waals surface area contributed by atoms with Gasteiger partial charge in [-0.15, -0.1) is 11.3 Å². The number of aromatic nitrogens is 2. The van der Waals surface area contributed by atoms with Gasteiger partial charge in [-0.05, 0) is 17.9 Å². The third-order valence-corrected chi connectivity index (χ3v) is 4.39. The SMILES string of the molecule is Cc1cc(C(=O)Nc2nc(-c3ccc(C(C)(C)C)cc3)cs2)no1. The monoisotopic (exact) mass is 341 g/mol. The Morgan fingerprint density at radius 3 is 2.50 bits per heavy atom. The van der Waals surface area contributed by atoms with E-state index >= 15 is 0 Å². The summed E-state index contributed by atoms with van der Waals surface area (Å²) in [6.45, 7) is 8.30. The predicted octanol–water partition coefficient (Wildman–Crippen LogP) is 4.66. The summed E-state index contributed by atoms with van der Waals surface area (Å²) in [6, 6.07) is 9.94. The number of aryl methyl sites for hydroxylation is 1. The van der Waals surface area contributed by atoms with E-state index in [1.807, 2.05) is 5.38 Å². The van der Waals surface area contributed by atoms with Gasteiger partial charge in [-0.3, -0.25) is 10.1 Å². The molecule has 0 aliphatic rings. The van der Waals surface area contributed by atoms with E-state index in [-0.39, 0.29) is 17.0 Å². The van der Waals surface area contributed by atoms with Crippen molar-refractivity contribution < 1.29 is 9.32 Å². The summed E-state index contributed by atoms with van der Waals surface area (Å²) in [4.78, 5) is 16.5. The average molecular weight is 341 g/mol. The summed E-state index contributed by atoms with van der Waals surface area (Å²) in [6.07, 6.45) is 0. The fourth-order valence-electron chi connectivity index (χ4n) is 2.24. The molecule has 3 aromatic rings. The molecule has 0 aliphatic heterocycles. The van der Waals surface area contributed by atoms with Crippen LogP contribution in [0, 0.1) is 6.92 Å². The van der Waals surface area contributed by atoms with Gasteiger partial charge in [-0.1, -0.05) is 50.2 Å². The van der Waals surface area contributed by atoms with E-state index < -0.39 is 0 Å². The summed E-state index contributed by atoms with van der Waals surface area (Å²) in [5, 5.41) is 8.91. The first-order valence-electron chi connectivity index (χ1n) is 7.64. The maximum absolute atomic E-state index is 12.1. The molecule has 0 saturated carbocycles. The molecule has 6 heteroatoms. The summed E-state index contributed by atoms with van der Waals surface area (Å²) in [5.41, 5.74) is 3.51. The molecule has 0 radical (unpaired) electrons. The molecule has 1 aromatic carbocycles. The first-order chi connectivity index (χ1) is 11.3. The van der Waals surface area contributed by atoms with Crippen molar-refractivity contribution in [2.75, 3.05) is 5.32 Å². The lowest BCUT2D eigenvalue weighted by Crippen LogP contribution is -2.11. The standard InChI is InChI=1S/C18H19N3O2S/c1-11-9-14(21-23-11)16(22)20-17-19-15(10-24-17)12-5-7-13(8-6-12)18(2,3)4/h5-10H,1-4H3,(H,19,20,22). The van der Waals surface area contributed by atoms with Gasteiger partial charge >= 0.3 is 0 Å².